The van der Waals surface area contributed by atoms with Gasteiger partial charge in [-0.25, -0.2) is 4.79 Å². The Bertz CT molecular complexity index is 528. The van der Waals surface area contributed by atoms with Gasteiger partial charge in [-0.1, -0.05) is 23.7 Å². The topological polar surface area (TPSA) is 98.7 Å². The van der Waals surface area contributed by atoms with E-state index in [0.717, 1.165) is 5.54 Å². The van der Waals surface area contributed by atoms with Crippen LogP contribution in [0.2, 0.25) is 0 Å². The van der Waals surface area contributed by atoms with Crippen LogP contribution in [0.5, 0.6) is 0 Å². The Balaban J connectivity index is 0. The molecule has 0 radical (unpaired) electrons. The van der Waals surface area contributed by atoms with E-state index in [1.54, 1.807) is 6.92 Å². The predicted molar refractivity (Wildman–Crippen MR) is 64.9 cm³/mol. The normalized spacial score (nSPS) is 11.0. The van der Waals surface area contributed by atoms with E-state index in [1.165, 1.54) is 24.3 Å². The van der Waals surface area contributed by atoms with Gasteiger partial charge in [0, 0.05) is 11.1 Å². The fraction of sp³-hybridized carbons (Fsp3) is 0.182. The SMILES string of the molecule is CCOC(=O)c1ccc(/C(=C/Cl)OP(=O)([O-])[O-])cc1.[Na+].[Na+]. The van der Waals surface area contributed by atoms with Crippen LogP contribution < -0.4 is 68.9 Å². The minimum atomic E-state index is -5.19. The van der Waals surface area contributed by atoms with Crippen molar-refractivity contribution in [2.75, 3.05) is 6.61 Å². The van der Waals surface area contributed by atoms with Crippen LogP contribution in [0.4, 0.5) is 0 Å². The van der Waals surface area contributed by atoms with E-state index in [-0.39, 0.29) is 82.6 Å². The molecule has 0 spiro atoms. The zero-order chi connectivity index (χ0) is 14.5. The Morgan fingerprint density at radius 3 is 2.10 bits per heavy atom. The number of carbonyl (C=O) groups is 1. The molecule has 0 saturated heterocycles. The molecule has 1 rings (SSSR count). The summed E-state index contributed by atoms with van der Waals surface area (Å²) in [6.45, 7) is 1.92. The average molecular weight is 351 g/mol. The fourth-order valence-electron chi connectivity index (χ4n) is 1.24. The van der Waals surface area contributed by atoms with E-state index in [0.29, 0.717) is 0 Å². The van der Waals surface area contributed by atoms with E-state index >= 15 is 0 Å². The van der Waals surface area contributed by atoms with Crippen LogP contribution in [0, 0.1) is 0 Å². The summed E-state index contributed by atoms with van der Waals surface area (Å²) < 4.78 is 19.5. The molecule has 21 heavy (non-hydrogen) atoms. The Morgan fingerprint density at radius 1 is 1.24 bits per heavy atom. The number of phosphoric ester groups is 1. The molecule has 0 unspecified atom stereocenters. The quantitative estimate of drug-likeness (QED) is 0.229. The van der Waals surface area contributed by atoms with Crippen LogP contribution in [0.25, 0.3) is 5.76 Å². The molecule has 0 atom stereocenters. The molecule has 0 heterocycles. The zero-order valence-corrected chi connectivity index (χ0v) is 17.5. The third-order valence-electron chi connectivity index (χ3n) is 1.99. The van der Waals surface area contributed by atoms with Gasteiger partial charge in [0.1, 0.15) is 13.6 Å². The Kier molecular flexibility index (Phi) is 12.8. The molecule has 0 aliphatic heterocycles. The molecular formula is C11H10ClNa2O6P. The van der Waals surface area contributed by atoms with Gasteiger partial charge < -0.3 is 23.6 Å². The fourth-order valence-corrected chi connectivity index (χ4v) is 1.87. The molecule has 1 aromatic carbocycles. The molecule has 0 aliphatic rings. The second-order valence-electron chi connectivity index (χ2n) is 3.31. The standard InChI is InChI=1S/C11H12ClO6P.2Na/c1-2-17-11(13)9-5-3-8(4-6-9)10(7-12)18-19(14,15)16;;/h3-7H,2H2,1H3,(H2,14,15,16);;/q;2*+1/p-2/b10-7-;;. The molecule has 0 amide bonds. The number of rotatable bonds is 5. The summed E-state index contributed by atoms with van der Waals surface area (Å²) in [5.74, 6) is -0.824. The summed E-state index contributed by atoms with van der Waals surface area (Å²) in [7, 11) is -5.19. The Labute approximate surface area is 171 Å². The molecule has 0 saturated carbocycles. The maximum atomic E-state index is 11.4. The Morgan fingerprint density at radius 2 is 1.71 bits per heavy atom. The van der Waals surface area contributed by atoms with E-state index in [9.17, 15) is 19.1 Å². The van der Waals surface area contributed by atoms with Gasteiger partial charge in [-0.3, -0.25) is 0 Å². The van der Waals surface area contributed by atoms with Crippen molar-refractivity contribution in [3.05, 3.63) is 40.9 Å². The van der Waals surface area contributed by atoms with E-state index in [1.807, 2.05) is 0 Å². The number of benzene rings is 1. The molecule has 0 fully saturated rings. The molecule has 10 heteroatoms. The number of halogens is 1. The first-order chi connectivity index (χ1) is 8.87. The summed E-state index contributed by atoms with van der Waals surface area (Å²) in [4.78, 5) is 32.4. The van der Waals surface area contributed by atoms with Gasteiger partial charge in [0.15, 0.2) is 0 Å². The minimum Gasteiger partial charge on any atom is -0.780 e. The number of phosphoric acid groups is 1. The maximum Gasteiger partial charge on any atom is 1.00 e. The summed E-state index contributed by atoms with van der Waals surface area (Å²) in [6, 6.07) is 5.57. The van der Waals surface area contributed by atoms with Crippen molar-refractivity contribution in [1.82, 2.24) is 0 Å². The molecule has 6 nitrogen and oxygen atoms in total. The van der Waals surface area contributed by atoms with Gasteiger partial charge >= 0.3 is 65.1 Å². The summed E-state index contributed by atoms with van der Waals surface area (Å²) in [6.07, 6.45) is 0. The van der Waals surface area contributed by atoms with Gasteiger partial charge in [-0.2, -0.15) is 0 Å². The molecule has 0 aromatic heterocycles. The van der Waals surface area contributed by atoms with Gasteiger partial charge in [0.25, 0.3) is 0 Å². The third kappa shape index (κ3) is 8.77. The van der Waals surface area contributed by atoms with Crippen molar-refractivity contribution in [3.63, 3.8) is 0 Å². The van der Waals surface area contributed by atoms with Crippen LogP contribution in [0.1, 0.15) is 22.8 Å². The second kappa shape index (κ2) is 11.2. The number of hydrogen-bond acceptors (Lipinski definition) is 6. The maximum absolute atomic E-state index is 11.4. The second-order valence-corrected chi connectivity index (χ2v) is 4.60. The zero-order valence-electron chi connectivity index (χ0n) is 11.9. The first-order valence-electron chi connectivity index (χ1n) is 5.17. The summed E-state index contributed by atoms with van der Waals surface area (Å²) in [5, 5.41) is 0. The predicted octanol–water partition coefficient (Wildman–Crippen LogP) is -4.75. The molecular weight excluding hydrogens is 341 g/mol. The van der Waals surface area contributed by atoms with Crippen molar-refractivity contribution in [2.24, 2.45) is 0 Å². The van der Waals surface area contributed by atoms with Crippen molar-refractivity contribution < 1.29 is 87.5 Å². The van der Waals surface area contributed by atoms with Gasteiger partial charge in [-0.05, 0) is 19.1 Å². The van der Waals surface area contributed by atoms with E-state index in [4.69, 9.17) is 16.3 Å². The first kappa shape index (κ1) is 23.9. The minimum absolute atomic E-state index is 0. The smallest absolute Gasteiger partial charge is 0.780 e. The van der Waals surface area contributed by atoms with Gasteiger partial charge in [0.2, 0.25) is 0 Å². The molecule has 0 aliphatic carbocycles. The van der Waals surface area contributed by atoms with Crippen molar-refractivity contribution in [3.8, 4) is 0 Å². The molecule has 104 valence electrons. The van der Waals surface area contributed by atoms with E-state index < -0.39 is 13.8 Å². The molecule has 1 aromatic rings. The monoisotopic (exact) mass is 350 g/mol. The number of hydrogen-bond donors (Lipinski definition) is 0. The number of carbonyl (C=O) groups excluding carboxylic acids is 1. The molecule has 0 N–H and O–H groups in total. The van der Waals surface area contributed by atoms with Crippen molar-refractivity contribution in [1.29, 1.82) is 0 Å². The van der Waals surface area contributed by atoms with Crippen LogP contribution in [0.3, 0.4) is 0 Å². The van der Waals surface area contributed by atoms with Crippen LogP contribution >= 0.6 is 19.4 Å². The van der Waals surface area contributed by atoms with Gasteiger partial charge in [-0.15, -0.1) is 0 Å². The van der Waals surface area contributed by atoms with Crippen molar-refractivity contribution >= 4 is 31.2 Å². The Hall–Kier alpha value is 0.670. The number of esters is 1. The summed E-state index contributed by atoms with van der Waals surface area (Å²) >= 11 is 5.38. The number of ether oxygens (including phenoxy) is 1. The largest absolute Gasteiger partial charge is 1.00 e. The van der Waals surface area contributed by atoms with E-state index in [2.05, 4.69) is 4.52 Å². The third-order valence-corrected chi connectivity index (χ3v) is 2.61. The first-order valence-corrected chi connectivity index (χ1v) is 7.06. The van der Waals surface area contributed by atoms with Crippen LogP contribution in [-0.4, -0.2) is 12.6 Å². The van der Waals surface area contributed by atoms with Crippen LogP contribution in [-0.2, 0) is 13.8 Å². The average Bonchev–Trinajstić information content (AvgIpc) is 2.35. The van der Waals surface area contributed by atoms with Crippen LogP contribution in [0.15, 0.2) is 29.8 Å². The molecule has 0 bridgehead atoms. The van der Waals surface area contributed by atoms with Crippen molar-refractivity contribution in [2.45, 2.75) is 6.92 Å². The van der Waals surface area contributed by atoms with Gasteiger partial charge in [0.05, 0.1) is 12.2 Å². The summed E-state index contributed by atoms with van der Waals surface area (Å²) in [5.41, 5.74) is 1.35.